The van der Waals surface area contributed by atoms with Crippen molar-refractivity contribution in [1.82, 2.24) is 0 Å². The highest BCUT2D eigenvalue weighted by atomic mass is 35.5. The van der Waals surface area contributed by atoms with Crippen LogP contribution in [0.5, 0.6) is 5.75 Å². The van der Waals surface area contributed by atoms with Gasteiger partial charge in [0, 0.05) is 11.8 Å². The van der Waals surface area contributed by atoms with Gasteiger partial charge in [0.1, 0.15) is 17.4 Å². The number of hydrogen-bond donors (Lipinski definition) is 1. The molecule has 1 amide bonds. The molecule has 0 aliphatic carbocycles. The Labute approximate surface area is 141 Å². The Hall–Kier alpha value is -2.67. The summed E-state index contributed by atoms with van der Waals surface area (Å²) in [5.74, 6) is -3.17. The number of carbonyl (C=O) groups is 2. The first-order valence-corrected chi connectivity index (χ1v) is 7.04. The van der Waals surface area contributed by atoms with E-state index in [0.29, 0.717) is 22.5 Å². The van der Waals surface area contributed by atoms with Crippen molar-refractivity contribution < 1.29 is 27.8 Å². The third-order valence-corrected chi connectivity index (χ3v) is 3.22. The van der Waals surface area contributed by atoms with Crippen LogP contribution in [0.4, 0.5) is 14.5 Å². The summed E-state index contributed by atoms with van der Waals surface area (Å²) in [6, 6.07) is 6.96. The fourth-order valence-electron chi connectivity index (χ4n) is 1.81. The molecule has 0 radical (unpaired) electrons. The summed E-state index contributed by atoms with van der Waals surface area (Å²) in [6.45, 7) is -0.640. The number of anilines is 1. The van der Waals surface area contributed by atoms with E-state index in [0.717, 1.165) is 12.1 Å². The molecule has 2 aromatic carbocycles. The lowest BCUT2D eigenvalue weighted by atomic mass is 10.2. The molecule has 1 N–H and O–H groups in total. The van der Waals surface area contributed by atoms with Crippen LogP contribution >= 0.6 is 11.6 Å². The minimum atomic E-state index is -1.07. The predicted octanol–water partition coefficient (Wildman–Crippen LogP) is 3.42. The van der Waals surface area contributed by atoms with Crippen LogP contribution in [0.3, 0.4) is 0 Å². The number of hydrogen-bond acceptors (Lipinski definition) is 4. The maximum Gasteiger partial charge on any atom is 0.341 e. The van der Waals surface area contributed by atoms with Gasteiger partial charge in [0.05, 0.1) is 17.7 Å². The Morgan fingerprint density at radius 1 is 1.17 bits per heavy atom. The van der Waals surface area contributed by atoms with E-state index in [9.17, 15) is 18.4 Å². The second-order valence-corrected chi connectivity index (χ2v) is 5.01. The first-order valence-electron chi connectivity index (χ1n) is 6.66. The van der Waals surface area contributed by atoms with Crippen molar-refractivity contribution in [3.05, 3.63) is 58.6 Å². The SMILES string of the molecule is COc1ccc(NC(=O)COC(=O)c2ccc(F)cc2F)cc1Cl. The van der Waals surface area contributed by atoms with Crippen LogP contribution in [0.2, 0.25) is 5.02 Å². The van der Waals surface area contributed by atoms with Crippen molar-refractivity contribution >= 4 is 29.2 Å². The van der Waals surface area contributed by atoms with Crippen molar-refractivity contribution in [2.24, 2.45) is 0 Å². The normalized spacial score (nSPS) is 10.2. The summed E-state index contributed by atoms with van der Waals surface area (Å²) in [5, 5.41) is 2.75. The number of esters is 1. The summed E-state index contributed by atoms with van der Waals surface area (Å²) in [5.41, 5.74) is -0.0912. The maximum absolute atomic E-state index is 13.4. The fraction of sp³-hybridized carbons (Fsp3) is 0.125. The quantitative estimate of drug-likeness (QED) is 0.835. The van der Waals surface area contributed by atoms with Crippen LogP contribution < -0.4 is 10.1 Å². The van der Waals surface area contributed by atoms with Crippen LogP contribution in [-0.2, 0) is 9.53 Å². The summed E-state index contributed by atoms with van der Waals surface area (Å²) in [6.07, 6.45) is 0. The minimum Gasteiger partial charge on any atom is -0.495 e. The Balaban J connectivity index is 1.93. The molecular weight excluding hydrogens is 344 g/mol. The molecule has 0 heterocycles. The molecule has 0 saturated heterocycles. The Kier molecular flexibility index (Phi) is 5.70. The van der Waals surface area contributed by atoms with Gasteiger partial charge < -0.3 is 14.8 Å². The number of carbonyl (C=O) groups excluding carboxylic acids is 2. The first-order chi connectivity index (χ1) is 11.4. The second kappa shape index (κ2) is 7.74. The molecule has 0 atom stereocenters. The standard InChI is InChI=1S/C16H12ClF2NO4/c1-23-14-5-3-10(7-12(14)17)20-15(21)8-24-16(22)11-4-2-9(18)6-13(11)19/h2-7H,8H2,1H3,(H,20,21). The Morgan fingerprint density at radius 2 is 1.92 bits per heavy atom. The van der Waals surface area contributed by atoms with Gasteiger partial charge in [0.2, 0.25) is 0 Å². The monoisotopic (exact) mass is 355 g/mol. The highest BCUT2D eigenvalue weighted by Crippen LogP contribution is 2.27. The van der Waals surface area contributed by atoms with Crippen molar-refractivity contribution in [3.8, 4) is 5.75 Å². The molecule has 0 aliphatic heterocycles. The number of methoxy groups -OCH3 is 1. The van der Waals surface area contributed by atoms with Gasteiger partial charge in [-0.1, -0.05) is 11.6 Å². The smallest absolute Gasteiger partial charge is 0.341 e. The van der Waals surface area contributed by atoms with Gasteiger partial charge in [-0.2, -0.15) is 0 Å². The third-order valence-electron chi connectivity index (χ3n) is 2.92. The van der Waals surface area contributed by atoms with Crippen molar-refractivity contribution in [2.45, 2.75) is 0 Å². The largest absolute Gasteiger partial charge is 0.495 e. The third kappa shape index (κ3) is 4.42. The van der Waals surface area contributed by atoms with E-state index in [1.54, 1.807) is 12.1 Å². The van der Waals surface area contributed by atoms with E-state index in [2.05, 4.69) is 10.1 Å². The zero-order chi connectivity index (χ0) is 17.7. The summed E-state index contributed by atoms with van der Waals surface area (Å²) in [4.78, 5) is 23.4. The molecule has 0 saturated carbocycles. The molecule has 2 rings (SSSR count). The van der Waals surface area contributed by atoms with Crippen LogP contribution in [0.1, 0.15) is 10.4 Å². The van der Waals surface area contributed by atoms with Crippen LogP contribution in [0.15, 0.2) is 36.4 Å². The average Bonchev–Trinajstić information content (AvgIpc) is 2.53. The number of rotatable bonds is 5. The zero-order valence-electron chi connectivity index (χ0n) is 12.4. The Bertz CT molecular complexity index is 783. The fourth-order valence-corrected chi connectivity index (χ4v) is 2.06. The van der Waals surface area contributed by atoms with E-state index in [4.69, 9.17) is 16.3 Å². The van der Waals surface area contributed by atoms with E-state index in [1.807, 2.05) is 0 Å². The first kappa shape index (κ1) is 17.7. The number of amides is 1. The lowest BCUT2D eigenvalue weighted by Crippen LogP contribution is -2.21. The van der Waals surface area contributed by atoms with Crippen molar-refractivity contribution in [1.29, 1.82) is 0 Å². The lowest BCUT2D eigenvalue weighted by Gasteiger charge is -2.09. The molecule has 0 bridgehead atoms. The average molecular weight is 356 g/mol. The minimum absolute atomic E-state index is 0.292. The number of halogens is 3. The van der Waals surface area contributed by atoms with Gasteiger partial charge in [-0.3, -0.25) is 4.79 Å². The molecular formula is C16H12ClF2NO4. The molecule has 24 heavy (non-hydrogen) atoms. The zero-order valence-corrected chi connectivity index (χ0v) is 13.2. The number of benzene rings is 2. The summed E-state index contributed by atoms with van der Waals surface area (Å²) < 4.78 is 35.9. The van der Waals surface area contributed by atoms with E-state index in [1.165, 1.54) is 13.2 Å². The molecule has 8 heteroatoms. The van der Waals surface area contributed by atoms with Crippen LogP contribution in [0.25, 0.3) is 0 Å². The highest BCUT2D eigenvalue weighted by molar-refractivity contribution is 6.32. The lowest BCUT2D eigenvalue weighted by molar-refractivity contribution is -0.119. The van der Waals surface area contributed by atoms with Gasteiger partial charge >= 0.3 is 5.97 Å². The topological polar surface area (TPSA) is 64.6 Å². The molecule has 0 aliphatic rings. The molecule has 0 unspecified atom stereocenters. The van der Waals surface area contributed by atoms with Crippen molar-refractivity contribution in [3.63, 3.8) is 0 Å². The van der Waals surface area contributed by atoms with Gasteiger partial charge in [-0.25, -0.2) is 13.6 Å². The molecule has 5 nitrogen and oxygen atoms in total. The number of ether oxygens (including phenoxy) is 2. The number of nitrogens with one attached hydrogen (secondary N) is 1. The van der Waals surface area contributed by atoms with Crippen LogP contribution in [-0.4, -0.2) is 25.6 Å². The van der Waals surface area contributed by atoms with Gasteiger partial charge in [0.25, 0.3) is 5.91 Å². The van der Waals surface area contributed by atoms with Crippen molar-refractivity contribution in [2.75, 3.05) is 19.0 Å². The highest BCUT2D eigenvalue weighted by Gasteiger charge is 2.15. The molecule has 2 aromatic rings. The molecule has 126 valence electrons. The summed E-state index contributed by atoms with van der Waals surface area (Å²) in [7, 11) is 1.45. The van der Waals surface area contributed by atoms with Crippen LogP contribution in [0, 0.1) is 11.6 Å². The predicted molar refractivity (Wildman–Crippen MR) is 83.3 cm³/mol. The van der Waals surface area contributed by atoms with E-state index < -0.39 is 35.7 Å². The molecule has 0 spiro atoms. The molecule has 0 aromatic heterocycles. The van der Waals surface area contributed by atoms with Gasteiger partial charge in [-0.15, -0.1) is 0 Å². The maximum atomic E-state index is 13.4. The summed E-state index contributed by atoms with van der Waals surface area (Å²) >= 11 is 5.92. The molecule has 0 fully saturated rings. The van der Waals surface area contributed by atoms with Gasteiger partial charge in [-0.05, 0) is 30.3 Å². The second-order valence-electron chi connectivity index (χ2n) is 4.60. The van der Waals surface area contributed by atoms with Gasteiger partial charge in [0.15, 0.2) is 6.61 Å². The van der Waals surface area contributed by atoms with E-state index in [-0.39, 0.29) is 0 Å². The van der Waals surface area contributed by atoms with E-state index >= 15 is 0 Å². The Morgan fingerprint density at radius 3 is 2.54 bits per heavy atom.